The molecule has 2 atom stereocenters. The van der Waals surface area contributed by atoms with E-state index in [-0.39, 0.29) is 17.9 Å². The van der Waals surface area contributed by atoms with Crippen LogP contribution in [0.1, 0.15) is 44.9 Å². The van der Waals surface area contributed by atoms with Crippen LogP contribution >= 0.6 is 0 Å². The number of nitrogens with two attached hydrogens (primary N) is 1. The Labute approximate surface area is 98.2 Å². The molecule has 0 saturated heterocycles. The molecule has 1 fully saturated rings. The zero-order valence-corrected chi connectivity index (χ0v) is 9.87. The van der Waals surface area contributed by atoms with Crippen LogP contribution in [-0.2, 0) is 4.79 Å². The molecule has 1 amide bonds. The first-order valence-electron chi connectivity index (χ1n) is 6.20. The van der Waals surface area contributed by atoms with Crippen LogP contribution in [-0.4, -0.2) is 18.5 Å². The van der Waals surface area contributed by atoms with Gasteiger partial charge in [0.25, 0.3) is 0 Å². The van der Waals surface area contributed by atoms with Crippen molar-refractivity contribution in [2.45, 2.75) is 51.0 Å². The summed E-state index contributed by atoms with van der Waals surface area (Å²) in [5.41, 5.74) is 5.86. The molecule has 16 heavy (non-hydrogen) atoms. The first-order chi connectivity index (χ1) is 7.74. The molecule has 3 nitrogen and oxygen atoms in total. The molecule has 1 aliphatic carbocycles. The molecule has 2 unspecified atom stereocenters. The summed E-state index contributed by atoms with van der Waals surface area (Å²) in [5, 5.41) is 2.97. The fourth-order valence-electron chi connectivity index (χ4n) is 2.17. The highest BCUT2D eigenvalue weighted by atomic mass is 16.1. The zero-order valence-electron chi connectivity index (χ0n) is 9.87. The summed E-state index contributed by atoms with van der Waals surface area (Å²) in [7, 11) is 0. The minimum absolute atomic E-state index is 0.136. The van der Waals surface area contributed by atoms with Gasteiger partial charge in [-0.15, -0.1) is 12.3 Å². The van der Waals surface area contributed by atoms with Gasteiger partial charge in [-0.25, -0.2) is 0 Å². The average Bonchev–Trinajstić information content (AvgIpc) is 2.28. The van der Waals surface area contributed by atoms with Gasteiger partial charge in [0.05, 0.1) is 0 Å². The maximum atomic E-state index is 11.8. The van der Waals surface area contributed by atoms with Crippen LogP contribution in [0.25, 0.3) is 0 Å². The van der Waals surface area contributed by atoms with Gasteiger partial charge in [0.1, 0.15) is 0 Å². The molecule has 3 N–H and O–H groups in total. The molecule has 1 saturated carbocycles. The summed E-state index contributed by atoms with van der Waals surface area (Å²) in [4.78, 5) is 11.8. The van der Waals surface area contributed by atoms with Crippen molar-refractivity contribution in [3.05, 3.63) is 0 Å². The van der Waals surface area contributed by atoms with E-state index in [1.165, 1.54) is 0 Å². The summed E-state index contributed by atoms with van der Waals surface area (Å²) in [5.74, 6) is 2.91. The van der Waals surface area contributed by atoms with Crippen LogP contribution in [0.5, 0.6) is 0 Å². The van der Waals surface area contributed by atoms with Crippen LogP contribution in [0.4, 0.5) is 0 Å². The zero-order chi connectivity index (χ0) is 11.8. The van der Waals surface area contributed by atoms with E-state index in [0.29, 0.717) is 0 Å². The van der Waals surface area contributed by atoms with Crippen LogP contribution in [0.3, 0.4) is 0 Å². The Balaban J connectivity index is 2.12. The lowest BCUT2D eigenvalue weighted by Gasteiger charge is -2.25. The second-order valence-corrected chi connectivity index (χ2v) is 4.58. The topological polar surface area (TPSA) is 55.1 Å². The van der Waals surface area contributed by atoms with Crippen molar-refractivity contribution in [1.29, 1.82) is 0 Å². The lowest BCUT2D eigenvalue weighted by Crippen LogP contribution is -2.38. The summed E-state index contributed by atoms with van der Waals surface area (Å²) in [6.07, 6.45) is 11.9. The maximum Gasteiger partial charge on any atom is 0.223 e. The van der Waals surface area contributed by atoms with E-state index in [2.05, 4.69) is 11.2 Å². The Morgan fingerprint density at radius 2 is 2.25 bits per heavy atom. The predicted molar refractivity (Wildman–Crippen MR) is 65.6 cm³/mol. The number of unbranched alkanes of at least 4 members (excludes halogenated alkanes) is 2. The Kier molecular flexibility index (Phi) is 5.95. The third kappa shape index (κ3) is 4.67. The second kappa shape index (κ2) is 7.29. The second-order valence-electron chi connectivity index (χ2n) is 4.58. The third-order valence-electron chi connectivity index (χ3n) is 3.13. The minimum Gasteiger partial charge on any atom is -0.356 e. The SMILES string of the molecule is C#CCCCCNC(=O)C1CCCC(N)C1. The Bertz CT molecular complexity index is 257. The molecule has 1 rings (SSSR count). The molecule has 0 radical (unpaired) electrons. The lowest BCUT2D eigenvalue weighted by atomic mass is 9.85. The number of rotatable bonds is 5. The van der Waals surface area contributed by atoms with E-state index in [1.807, 2.05) is 0 Å². The number of amides is 1. The van der Waals surface area contributed by atoms with Gasteiger partial charge in [0.2, 0.25) is 5.91 Å². The number of terminal acetylenes is 1. The van der Waals surface area contributed by atoms with E-state index < -0.39 is 0 Å². The molecular formula is C13H22N2O. The van der Waals surface area contributed by atoms with Crippen LogP contribution in [0.15, 0.2) is 0 Å². The smallest absolute Gasteiger partial charge is 0.223 e. The van der Waals surface area contributed by atoms with Crippen LogP contribution in [0, 0.1) is 18.3 Å². The van der Waals surface area contributed by atoms with Crippen LogP contribution < -0.4 is 11.1 Å². The van der Waals surface area contributed by atoms with E-state index in [9.17, 15) is 4.79 Å². The van der Waals surface area contributed by atoms with Gasteiger partial charge in [-0.3, -0.25) is 4.79 Å². The minimum atomic E-state index is 0.136. The summed E-state index contributed by atoms with van der Waals surface area (Å²) in [6.45, 7) is 0.742. The standard InChI is InChI=1S/C13H22N2O/c1-2-3-4-5-9-15-13(16)11-7-6-8-12(14)10-11/h1,11-12H,3-10,14H2,(H,15,16). The van der Waals surface area contributed by atoms with Crippen LogP contribution in [0.2, 0.25) is 0 Å². The average molecular weight is 222 g/mol. The summed E-state index contributed by atoms with van der Waals surface area (Å²) >= 11 is 0. The van der Waals surface area contributed by atoms with Gasteiger partial charge < -0.3 is 11.1 Å². The molecule has 0 heterocycles. The van der Waals surface area contributed by atoms with Crippen molar-refractivity contribution in [2.75, 3.05) is 6.54 Å². The molecule has 1 aliphatic rings. The highest BCUT2D eigenvalue weighted by molar-refractivity contribution is 5.78. The monoisotopic (exact) mass is 222 g/mol. The Morgan fingerprint density at radius 1 is 1.44 bits per heavy atom. The van der Waals surface area contributed by atoms with Crippen molar-refractivity contribution in [2.24, 2.45) is 11.7 Å². The van der Waals surface area contributed by atoms with Crippen molar-refractivity contribution < 1.29 is 4.79 Å². The molecule has 0 aromatic heterocycles. The molecule has 3 heteroatoms. The quantitative estimate of drug-likeness (QED) is 0.546. The van der Waals surface area contributed by atoms with Crippen molar-refractivity contribution in [3.8, 4) is 12.3 Å². The third-order valence-corrected chi connectivity index (χ3v) is 3.13. The Hall–Kier alpha value is -1.01. The molecule has 0 spiro atoms. The van der Waals surface area contributed by atoms with Gasteiger partial charge in [0.15, 0.2) is 0 Å². The molecule has 0 aliphatic heterocycles. The maximum absolute atomic E-state index is 11.8. The lowest BCUT2D eigenvalue weighted by molar-refractivity contribution is -0.126. The molecule has 90 valence electrons. The van der Waals surface area contributed by atoms with Gasteiger partial charge in [0, 0.05) is 24.9 Å². The highest BCUT2D eigenvalue weighted by Gasteiger charge is 2.24. The largest absolute Gasteiger partial charge is 0.356 e. The van der Waals surface area contributed by atoms with E-state index in [0.717, 1.165) is 51.5 Å². The Morgan fingerprint density at radius 3 is 2.94 bits per heavy atom. The normalized spacial score (nSPS) is 24.8. The number of hydrogen-bond donors (Lipinski definition) is 2. The molecular weight excluding hydrogens is 200 g/mol. The van der Waals surface area contributed by atoms with E-state index >= 15 is 0 Å². The van der Waals surface area contributed by atoms with Gasteiger partial charge in [-0.05, 0) is 32.1 Å². The fourth-order valence-corrected chi connectivity index (χ4v) is 2.17. The number of nitrogens with one attached hydrogen (secondary N) is 1. The van der Waals surface area contributed by atoms with Gasteiger partial charge in [-0.2, -0.15) is 0 Å². The summed E-state index contributed by atoms with van der Waals surface area (Å²) in [6, 6.07) is 0.214. The number of hydrogen-bond acceptors (Lipinski definition) is 2. The highest BCUT2D eigenvalue weighted by Crippen LogP contribution is 2.22. The summed E-state index contributed by atoms with van der Waals surface area (Å²) < 4.78 is 0. The molecule has 0 aromatic carbocycles. The molecule has 0 aromatic rings. The van der Waals surface area contributed by atoms with Gasteiger partial charge >= 0.3 is 0 Å². The first kappa shape index (κ1) is 13.1. The van der Waals surface area contributed by atoms with Crippen molar-refractivity contribution in [3.63, 3.8) is 0 Å². The predicted octanol–water partition coefficient (Wildman–Crippen LogP) is 1.42. The van der Waals surface area contributed by atoms with E-state index in [4.69, 9.17) is 12.2 Å². The molecule has 0 bridgehead atoms. The van der Waals surface area contributed by atoms with Crippen molar-refractivity contribution >= 4 is 5.91 Å². The fraction of sp³-hybridized carbons (Fsp3) is 0.769. The first-order valence-corrected chi connectivity index (χ1v) is 6.20. The number of carbonyl (C=O) groups excluding carboxylic acids is 1. The van der Waals surface area contributed by atoms with Gasteiger partial charge in [-0.1, -0.05) is 6.42 Å². The number of carbonyl (C=O) groups is 1. The van der Waals surface area contributed by atoms with Crippen molar-refractivity contribution in [1.82, 2.24) is 5.32 Å². The van der Waals surface area contributed by atoms with E-state index in [1.54, 1.807) is 0 Å².